The third-order valence-electron chi connectivity index (χ3n) is 2.45. The molecule has 0 spiro atoms. The molecule has 0 bridgehead atoms. The minimum absolute atomic E-state index is 0.0655. The van der Waals surface area contributed by atoms with E-state index in [1.54, 1.807) is 13.8 Å². The zero-order valence-electron chi connectivity index (χ0n) is 10.3. The quantitative estimate of drug-likeness (QED) is 0.455. The molecular formula is C14H15NO2. The van der Waals surface area contributed by atoms with Gasteiger partial charge in [-0.15, -0.1) is 0 Å². The molecular weight excluding hydrogens is 214 g/mol. The Balaban J connectivity index is 3.13. The first-order valence-corrected chi connectivity index (χ1v) is 5.45. The molecule has 0 radical (unpaired) electrons. The lowest BCUT2D eigenvalue weighted by Crippen LogP contribution is -2.08. The summed E-state index contributed by atoms with van der Waals surface area (Å²) in [5.41, 5.74) is 2.71. The van der Waals surface area contributed by atoms with Crippen molar-refractivity contribution in [2.24, 2.45) is 0 Å². The van der Waals surface area contributed by atoms with Crippen molar-refractivity contribution in [3.8, 4) is 6.07 Å². The number of allylic oxidation sites excluding steroid dienone is 1. The summed E-state index contributed by atoms with van der Waals surface area (Å²) in [4.78, 5) is 11.6. The van der Waals surface area contributed by atoms with Crippen LogP contribution in [0.25, 0.3) is 5.57 Å². The van der Waals surface area contributed by atoms with Crippen LogP contribution < -0.4 is 0 Å². The van der Waals surface area contributed by atoms with Crippen LogP contribution in [0.4, 0.5) is 0 Å². The Bertz CT molecular complexity index is 478. The van der Waals surface area contributed by atoms with Gasteiger partial charge in [-0.05, 0) is 31.9 Å². The average Bonchev–Trinajstić information content (AvgIpc) is 2.31. The predicted molar refractivity (Wildman–Crippen MR) is 66.0 cm³/mol. The van der Waals surface area contributed by atoms with Gasteiger partial charge in [-0.1, -0.05) is 29.8 Å². The van der Waals surface area contributed by atoms with Crippen LogP contribution >= 0.6 is 0 Å². The lowest BCUT2D eigenvalue weighted by Gasteiger charge is -2.06. The van der Waals surface area contributed by atoms with E-state index in [1.165, 1.54) is 0 Å². The summed E-state index contributed by atoms with van der Waals surface area (Å²) in [7, 11) is 0. The van der Waals surface area contributed by atoms with Crippen molar-refractivity contribution in [2.75, 3.05) is 6.61 Å². The smallest absolute Gasteiger partial charge is 0.349 e. The SMILES string of the molecule is CCOC(=O)/C(C#N)=C(/C)c1ccc(C)cc1. The van der Waals surface area contributed by atoms with Gasteiger partial charge in [-0.25, -0.2) is 4.79 Å². The molecule has 0 aromatic heterocycles. The molecule has 0 atom stereocenters. The van der Waals surface area contributed by atoms with Gasteiger partial charge in [0, 0.05) is 0 Å². The second kappa shape index (κ2) is 5.86. The zero-order chi connectivity index (χ0) is 12.8. The topological polar surface area (TPSA) is 50.1 Å². The van der Waals surface area contributed by atoms with Crippen LogP contribution in [0.1, 0.15) is 25.0 Å². The third kappa shape index (κ3) is 3.18. The number of carbonyl (C=O) groups excluding carboxylic acids is 1. The molecule has 1 rings (SSSR count). The highest BCUT2D eigenvalue weighted by Crippen LogP contribution is 2.19. The first-order chi connectivity index (χ1) is 8.10. The van der Waals surface area contributed by atoms with Crippen LogP contribution in [-0.4, -0.2) is 12.6 Å². The van der Waals surface area contributed by atoms with E-state index in [0.717, 1.165) is 11.1 Å². The van der Waals surface area contributed by atoms with E-state index < -0.39 is 5.97 Å². The number of nitrogens with zero attached hydrogens (tertiary/aromatic N) is 1. The highest BCUT2D eigenvalue weighted by Gasteiger charge is 2.14. The van der Waals surface area contributed by atoms with E-state index in [0.29, 0.717) is 5.57 Å². The first-order valence-electron chi connectivity index (χ1n) is 5.45. The Hall–Kier alpha value is -2.08. The van der Waals surface area contributed by atoms with E-state index in [2.05, 4.69) is 0 Å². The summed E-state index contributed by atoms with van der Waals surface area (Å²) in [6.45, 7) is 5.72. The summed E-state index contributed by atoms with van der Waals surface area (Å²) >= 11 is 0. The van der Waals surface area contributed by atoms with E-state index >= 15 is 0 Å². The standard InChI is InChI=1S/C14H15NO2/c1-4-17-14(16)13(9-15)11(3)12-7-5-10(2)6-8-12/h5-8H,4H2,1-3H3/b13-11-. The van der Waals surface area contributed by atoms with Gasteiger partial charge in [0.1, 0.15) is 11.6 Å². The summed E-state index contributed by atoms with van der Waals surface area (Å²) < 4.78 is 4.84. The zero-order valence-corrected chi connectivity index (χ0v) is 10.3. The van der Waals surface area contributed by atoms with Crippen LogP contribution in [0, 0.1) is 18.3 Å². The fourth-order valence-corrected chi connectivity index (χ4v) is 1.43. The van der Waals surface area contributed by atoms with Crippen LogP contribution in [0.5, 0.6) is 0 Å². The van der Waals surface area contributed by atoms with E-state index in [1.807, 2.05) is 37.3 Å². The Kier molecular flexibility index (Phi) is 4.47. The first kappa shape index (κ1) is 13.0. The maximum atomic E-state index is 11.6. The van der Waals surface area contributed by atoms with Crippen molar-refractivity contribution in [1.82, 2.24) is 0 Å². The number of esters is 1. The minimum Gasteiger partial charge on any atom is -0.462 e. The van der Waals surface area contributed by atoms with Crippen molar-refractivity contribution in [1.29, 1.82) is 5.26 Å². The van der Waals surface area contributed by atoms with Crippen LogP contribution in [0.3, 0.4) is 0 Å². The van der Waals surface area contributed by atoms with Crippen LogP contribution in [0.2, 0.25) is 0 Å². The fraction of sp³-hybridized carbons (Fsp3) is 0.286. The number of hydrogen-bond acceptors (Lipinski definition) is 3. The second-order valence-corrected chi connectivity index (χ2v) is 3.70. The normalized spacial score (nSPS) is 11.4. The molecule has 3 heteroatoms. The molecule has 0 unspecified atom stereocenters. The molecule has 1 aromatic carbocycles. The molecule has 0 aliphatic carbocycles. The Morgan fingerprint density at radius 3 is 2.41 bits per heavy atom. The van der Waals surface area contributed by atoms with Crippen molar-refractivity contribution in [3.63, 3.8) is 0 Å². The van der Waals surface area contributed by atoms with Gasteiger partial charge in [0.25, 0.3) is 0 Å². The number of benzene rings is 1. The minimum atomic E-state index is -0.562. The molecule has 3 nitrogen and oxygen atoms in total. The number of hydrogen-bond donors (Lipinski definition) is 0. The van der Waals surface area contributed by atoms with Crippen molar-refractivity contribution in [2.45, 2.75) is 20.8 Å². The summed E-state index contributed by atoms with van der Waals surface area (Å²) in [6.07, 6.45) is 0. The maximum Gasteiger partial charge on any atom is 0.349 e. The number of aryl methyl sites for hydroxylation is 1. The van der Waals surface area contributed by atoms with Crippen molar-refractivity contribution < 1.29 is 9.53 Å². The van der Waals surface area contributed by atoms with Crippen molar-refractivity contribution in [3.05, 3.63) is 41.0 Å². The van der Waals surface area contributed by atoms with Crippen molar-refractivity contribution >= 4 is 11.5 Å². The van der Waals surface area contributed by atoms with E-state index in [-0.39, 0.29) is 12.2 Å². The highest BCUT2D eigenvalue weighted by atomic mass is 16.5. The Morgan fingerprint density at radius 2 is 1.94 bits per heavy atom. The molecule has 0 saturated carbocycles. The van der Waals surface area contributed by atoms with Gasteiger partial charge in [0.05, 0.1) is 6.61 Å². The highest BCUT2D eigenvalue weighted by molar-refractivity contribution is 6.01. The lowest BCUT2D eigenvalue weighted by atomic mass is 10.0. The van der Waals surface area contributed by atoms with E-state index in [9.17, 15) is 4.79 Å². The maximum absolute atomic E-state index is 11.6. The second-order valence-electron chi connectivity index (χ2n) is 3.70. The molecule has 17 heavy (non-hydrogen) atoms. The fourth-order valence-electron chi connectivity index (χ4n) is 1.43. The molecule has 1 aromatic rings. The molecule has 0 amide bonds. The van der Waals surface area contributed by atoms with Gasteiger partial charge in [-0.2, -0.15) is 5.26 Å². The van der Waals surface area contributed by atoms with Gasteiger partial charge in [0.2, 0.25) is 0 Å². The molecule has 0 saturated heterocycles. The van der Waals surface area contributed by atoms with Gasteiger partial charge in [-0.3, -0.25) is 0 Å². The molecule has 0 fully saturated rings. The van der Waals surface area contributed by atoms with Gasteiger partial charge in [0.15, 0.2) is 0 Å². The van der Waals surface area contributed by atoms with E-state index in [4.69, 9.17) is 10.00 Å². The molecule has 0 aliphatic rings. The molecule has 88 valence electrons. The third-order valence-corrected chi connectivity index (χ3v) is 2.45. The molecule has 0 aliphatic heterocycles. The summed E-state index contributed by atoms with van der Waals surface area (Å²) in [6, 6.07) is 9.57. The lowest BCUT2D eigenvalue weighted by molar-refractivity contribution is -0.137. The van der Waals surface area contributed by atoms with Crippen LogP contribution in [-0.2, 0) is 9.53 Å². The van der Waals surface area contributed by atoms with Gasteiger partial charge >= 0.3 is 5.97 Å². The van der Waals surface area contributed by atoms with Crippen LogP contribution in [0.15, 0.2) is 29.8 Å². The molecule has 0 N–H and O–H groups in total. The number of carbonyl (C=O) groups is 1. The largest absolute Gasteiger partial charge is 0.462 e. The summed E-state index contributed by atoms with van der Waals surface area (Å²) in [5.74, 6) is -0.562. The average molecular weight is 229 g/mol. The number of nitriles is 1. The predicted octanol–water partition coefficient (Wildman–Crippen LogP) is 2.86. The molecule has 0 heterocycles. The Labute approximate surface area is 101 Å². The Morgan fingerprint density at radius 1 is 1.35 bits per heavy atom. The number of rotatable bonds is 3. The summed E-state index contributed by atoms with van der Waals surface area (Å²) in [5, 5.41) is 9.00. The van der Waals surface area contributed by atoms with Gasteiger partial charge < -0.3 is 4.74 Å². The number of ether oxygens (including phenoxy) is 1. The monoisotopic (exact) mass is 229 g/mol.